The summed E-state index contributed by atoms with van der Waals surface area (Å²) in [4.78, 5) is 6.77. The van der Waals surface area contributed by atoms with E-state index in [1.165, 1.54) is 5.56 Å². The Kier molecular flexibility index (Phi) is 5.66. The fourth-order valence-corrected chi connectivity index (χ4v) is 3.60. The Morgan fingerprint density at radius 2 is 1.50 bits per heavy atom. The van der Waals surface area contributed by atoms with Crippen LogP contribution in [0.25, 0.3) is 22.4 Å². The number of anilines is 1. The largest absolute Gasteiger partial charge is 0.508 e. The summed E-state index contributed by atoms with van der Waals surface area (Å²) in [5.74, 6) is 0.456. The number of phenols is 2. The van der Waals surface area contributed by atoms with Gasteiger partial charge in [0.25, 0.3) is 0 Å². The predicted molar refractivity (Wildman–Crippen MR) is 122 cm³/mol. The van der Waals surface area contributed by atoms with E-state index >= 15 is 0 Å². The molecule has 0 aliphatic rings. The van der Waals surface area contributed by atoms with E-state index < -0.39 is 0 Å². The number of pyridine rings is 1. The summed E-state index contributed by atoms with van der Waals surface area (Å²) in [5.41, 5.74) is 5.95. The van der Waals surface area contributed by atoms with Crippen LogP contribution in [0.15, 0.2) is 91.1 Å². The average Bonchev–Trinajstić information content (AvgIpc) is 2.79. The molecular weight excluding hydrogens is 372 g/mol. The fraction of sp³-hybridized carbons (Fsp3) is 0.115. The van der Waals surface area contributed by atoms with Crippen molar-refractivity contribution >= 4 is 5.69 Å². The lowest BCUT2D eigenvalue weighted by Crippen LogP contribution is -2.21. The van der Waals surface area contributed by atoms with Crippen LogP contribution in [0.2, 0.25) is 0 Å². The van der Waals surface area contributed by atoms with Crippen molar-refractivity contribution in [2.75, 3.05) is 18.5 Å². The van der Waals surface area contributed by atoms with Gasteiger partial charge in [0, 0.05) is 48.2 Å². The maximum Gasteiger partial charge on any atom is 0.117 e. The fourth-order valence-electron chi connectivity index (χ4n) is 3.60. The normalized spacial score (nSPS) is 10.7. The Hall–Kier alpha value is -3.79. The molecule has 1 aromatic heterocycles. The van der Waals surface area contributed by atoms with Gasteiger partial charge in [0.2, 0.25) is 0 Å². The van der Waals surface area contributed by atoms with Gasteiger partial charge in [0.05, 0.1) is 5.69 Å². The van der Waals surface area contributed by atoms with Gasteiger partial charge in [-0.25, -0.2) is 0 Å². The zero-order valence-corrected chi connectivity index (χ0v) is 16.9. The average molecular weight is 396 g/mol. The highest BCUT2D eigenvalue weighted by atomic mass is 16.3. The van der Waals surface area contributed by atoms with Crippen molar-refractivity contribution in [2.24, 2.45) is 0 Å². The number of phenolic OH excluding ortho intramolecular Hbond substituents is 2. The molecule has 1 heterocycles. The number of nitrogens with zero attached hydrogens (tertiary/aromatic N) is 2. The lowest BCUT2D eigenvalue weighted by Gasteiger charge is -2.24. The minimum Gasteiger partial charge on any atom is -0.508 e. The second kappa shape index (κ2) is 8.70. The number of aromatic hydroxyl groups is 2. The lowest BCUT2D eigenvalue weighted by molar-refractivity contribution is 0.475. The maximum atomic E-state index is 10.2. The van der Waals surface area contributed by atoms with E-state index in [0.29, 0.717) is 0 Å². The molecule has 4 nitrogen and oxygen atoms in total. The third-order valence-electron chi connectivity index (χ3n) is 5.21. The Labute approximate surface area is 176 Å². The smallest absolute Gasteiger partial charge is 0.117 e. The van der Waals surface area contributed by atoms with Crippen LogP contribution >= 0.6 is 0 Å². The lowest BCUT2D eigenvalue weighted by atomic mass is 9.97. The number of hydrogen-bond acceptors (Lipinski definition) is 4. The molecule has 0 amide bonds. The molecule has 2 N–H and O–H groups in total. The van der Waals surface area contributed by atoms with E-state index in [1.54, 1.807) is 30.5 Å². The van der Waals surface area contributed by atoms with Gasteiger partial charge in [0.15, 0.2) is 0 Å². The SMILES string of the molecule is CN(CCc1ccccc1)c1cc(O)ccc1-c1cccnc1-c1ccc(O)cc1. The first-order chi connectivity index (χ1) is 14.6. The molecular formula is C26H24N2O2. The quantitative estimate of drug-likeness (QED) is 0.451. The first-order valence-corrected chi connectivity index (χ1v) is 9.95. The second-order valence-electron chi connectivity index (χ2n) is 7.31. The molecule has 3 aromatic carbocycles. The summed E-state index contributed by atoms with van der Waals surface area (Å²) in [6, 6.07) is 26.8. The van der Waals surface area contributed by atoms with Gasteiger partial charge in [-0.3, -0.25) is 4.98 Å². The van der Waals surface area contributed by atoms with Crippen LogP contribution in [0.4, 0.5) is 5.69 Å². The molecule has 0 radical (unpaired) electrons. The van der Waals surface area contributed by atoms with Crippen molar-refractivity contribution in [2.45, 2.75) is 6.42 Å². The summed E-state index contributed by atoms with van der Waals surface area (Å²) in [7, 11) is 2.04. The molecule has 0 unspecified atom stereocenters. The molecule has 0 spiro atoms. The minimum absolute atomic E-state index is 0.224. The molecule has 4 heteroatoms. The van der Waals surface area contributed by atoms with E-state index in [-0.39, 0.29) is 11.5 Å². The Morgan fingerprint density at radius 1 is 0.767 bits per heavy atom. The van der Waals surface area contributed by atoms with Gasteiger partial charge < -0.3 is 15.1 Å². The molecule has 4 rings (SSSR count). The molecule has 0 aliphatic heterocycles. The minimum atomic E-state index is 0.224. The monoisotopic (exact) mass is 396 g/mol. The molecule has 0 atom stereocenters. The summed E-state index contributed by atoms with van der Waals surface area (Å²) in [5, 5.41) is 19.8. The molecule has 150 valence electrons. The summed E-state index contributed by atoms with van der Waals surface area (Å²) >= 11 is 0. The van der Waals surface area contributed by atoms with Crippen molar-refractivity contribution in [3.8, 4) is 33.9 Å². The van der Waals surface area contributed by atoms with Crippen LogP contribution in [0.5, 0.6) is 11.5 Å². The number of aromatic nitrogens is 1. The standard InChI is InChI=1S/C26H24N2O2/c1-28(17-15-19-6-3-2-4-7-19)25-18-22(30)13-14-23(25)24-8-5-16-27-26(24)20-9-11-21(29)12-10-20/h2-14,16,18,29-30H,15,17H2,1H3. The molecule has 30 heavy (non-hydrogen) atoms. The van der Waals surface area contributed by atoms with E-state index in [4.69, 9.17) is 0 Å². The van der Waals surface area contributed by atoms with E-state index in [0.717, 1.165) is 41.0 Å². The van der Waals surface area contributed by atoms with Gasteiger partial charge in [-0.05, 0) is 54.4 Å². The first-order valence-electron chi connectivity index (χ1n) is 9.95. The number of hydrogen-bond donors (Lipinski definition) is 2. The number of likely N-dealkylation sites (N-methyl/N-ethyl adjacent to an activating group) is 1. The third kappa shape index (κ3) is 4.28. The highest BCUT2D eigenvalue weighted by Gasteiger charge is 2.15. The molecule has 0 fully saturated rings. The predicted octanol–water partition coefficient (Wildman–Crippen LogP) is 5.51. The summed E-state index contributed by atoms with van der Waals surface area (Å²) in [6.45, 7) is 0.815. The highest BCUT2D eigenvalue weighted by Crippen LogP contribution is 2.38. The van der Waals surface area contributed by atoms with E-state index in [2.05, 4.69) is 34.1 Å². The van der Waals surface area contributed by atoms with Gasteiger partial charge in [-0.15, -0.1) is 0 Å². The number of benzene rings is 3. The van der Waals surface area contributed by atoms with Crippen LogP contribution in [-0.2, 0) is 6.42 Å². The molecule has 0 saturated carbocycles. The maximum absolute atomic E-state index is 10.2. The summed E-state index contributed by atoms with van der Waals surface area (Å²) in [6.07, 6.45) is 2.68. The Morgan fingerprint density at radius 3 is 2.27 bits per heavy atom. The van der Waals surface area contributed by atoms with Gasteiger partial charge in [0.1, 0.15) is 11.5 Å². The molecule has 0 bridgehead atoms. The molecule has 0 aliphatic carbocycles. The van der Waals surface area contributed by atoms with Gasteiger partial charge in [-0.2, -0.15) is 0 Å². The molecule has 4 aromatic rings. The first kappa shape index (κ1) is 19.5. The van der Waals surface area contributed by atoms with Crippen molar-refractivity contribution in [3.63, 3.8) is 0 Å². The van der Waals surface area contributed by atoms with E-state index in [9.17, 15) is 10.2 Å². The molecule has 0 saturated heterocycles. The third-order valence-corrected chi connectivity index (χ3v) is 5.21. The topological polar surface area (TPSA) is 56.6 Å². The second-order valence-corrected chi connectivity index (χ2v) is 7.31. The van der Waals surface area contributed by atoms with Crippen molar-refractivity contribution in [1.82, 2.24) is 4.98 Å². The highest BCUT2D eigenvalue weighted by molar-refractivity contribution is 5.88. The van der Waals surface area contributed by atoms with Crippen molar-refractivity contribution in [1.29, 1.82) is 0 Å². The van der Waals surface area contributed by atoms with Crippen LogP contribution in [0.1, 0.15) is 5.56 Å². The van der Waals surface area contributed by atoms with Gasteiger partial charge in [-0.1, -0.05) is 36.4 Å². The Balaban J connectivity index is 1.71. The van der Waals surface area contributed by atoms with E-state index in [1.807, 2.05) is 43.4 Å². The van der Waals surface area contributed by atoms with Crippen LogP contribution < -0.4 is 4.90 Å². The number of rotatable bonds is 6. The van der Waals surface area contributed by atoms with Crippen molar-refractivity contribution in [3.05, 3.63) is 96.7 Å². The zero-order chi connectivity index (χ0) is 20.9. The zero-order valence-electron chi connectivity index (χ0n) is 16.9. The van der Waals surface area contributed by atoms with Gasteiger partial charge >= 0.3 is 0 Å². The summed E-state index contributed by atoms with van der Waals surface area (Å²) < 4.78 is 0. The Bertz CT molecular complexity index is 1130. The van der Waals surface area contributed by atoms with Crippen molar-refractivity contribution < 1.29 is 10.2 Å². The van der Waals surface area contributed by atoms with Crippen LogP contribution in [-0.4, -0.2) is 28.8 Å². The van der Waals surface area contributed by atoms with Crippen LogP contribution in [0.3, 0.4) is 0 Å². The van der Waals surface area contributed by atoms with Crippen LogP contribution in [0, 0.1) is 0 Å².